The zero-order valence-electron chi connectivity index (χ0n) is 23.8. The number of ether oxygens (including phenoxy) is 1. The number of esters is 1. The molecule has 0 aromatic carbocycles. The summed E-state index contributed by atoms with van der Waals surface area (Å²) in [6, 6.07) is 0. The Bertz CT molecular complexity index is 1020. The predicted octanol–water partition coefficient (Wildman–Crippen LogP) is 7.42. The molecule has 0 radical (unpaired) electrons. The molecule has 5 rings (SSSR count). The lowest BCUT2D eigenvalue weighted by molar-refractivity contribution is -0.201. The summed E-state index contributed by atoms with van der Waals surface area (Å²) in [5, 5.41) is 10.4. The van der Waals surface area contributed by atoms with Gasteiger partial charge in [0.15, 0.2) is 0 Å². The Kier molecular flexibility index (Phi) is 6.65. The molecule has 204 valence electrons. The number of terminal acetylenes is 1. The summed E-state index contributed by atoms with van der Waals surface area (Å²) in [5.41, 5.74) is 1.31. The quantitative estimate of drug-likeness (QED) is 0.244. The average Bonchev–Trinajstić information content (AvgIpc) is 2.84. The largest absolute Gasteiger partial charge is 0.481 e. The summed E-state index contributed by atoms with van der Waals surface area (Å²) in [4.78, 5) is 25.1. The van der Waals surface area contributed by atoms with Crippen LogP contribution in [0, 0.1) is 63.6 Å². The van der Waals surface area contributed by atoms with Crippen LogP contribution in [0.3, 0.4) is 0 Å². The van der Waals surface area contributed by atoms with E-state index in [1.54, 1.807) is 0 Å². The Hall–Kier alpha value is -1.76. The van der Waals surface area contributed by atoms with Crippen molar-refractivity contribution >= 4 is 11.9 Å². The van der Waals surface area contributed by atoms with Crippen LogP contribution < -0.4 is 0 Å². The molecule has 4 nitrogen and oxygen atoms in total. The van der Waals surface area contributed by atoms with Gasteiger partial charge in [-0.25, -0.2) is 0 Å². The number of hydrogen-bond donors (Lipinski definition) is 1. The molecule has 0 bridgehead atoms. The molecule has 9 unspecified atom stereocenters. The van der Waals surface area contributed by atoms with E-state index in [-0.39, 0.29) is 34.2 Å². The van der Waals surface area contributed by atoms with Gasteiger partial charge in [0.25, 0.3) is 0 Å². The number of allylic oxidation sites excluding steroid dienone is 2. The first-order chi connectivity index (χ1) is 17.4. The Labute approximate surface area is 224 Å². The summed E-state index contributed by atoms with van der Waals surface area (Å²) < 4.78 is 6.05. The third-order valence-corrected chi connectivity index (χ3v) is 12.7. The highest BCUT2D eigenvalue weighted by Gasteiger charge is 2.65. The molecule has 37 heavy (non-hydrogen) atoms. The second kappa shape index (κ2) is 9.17. The first-order valence-corrected chi connectivity index (χ1v) is 15.0. The number of fused-ring (bicyclic) bond motifs is 7. The van der Waals surface area contributed by atoms with Crippen molar-refractivity contribution in [3.63, 3.8) is 0 Å². The van der Waals surface area contributed by atoms with Crippen molar-refractivity contribution in [2.24, 2.45) is 51.2 Å². The molecule has 0 amide bonds. The van der Waals surface area contributed by atoms with Gasteiger partial charge in [-0.2, -0.15) is 0 Å². The maximum absolute atomic E-state index is 12.7. The number of carboxylic acids is 1. The van der Waals surface area contributed by atoms with Crippen LogP contribution >= 0.6 is 0 Å². The number of carbonyl (C=O) groups is 2. The van der Waals surface area contributed by atoms with E-state index >= 15 is 0 Å². The summed E-state index contributed by atoms with van der Waals surface area (Å²) in [5.74, 6) is 4.27. The van der Waals surface area contributed by atoms with Gasteiger partial charge < -0.3 is 9.84 Å². The van der Waals surface area contributed by atoms with E-state index in [1.807, 2.05) is 0 Å². The van der Waals surface area contributed by atoms with Gasteiger partial charge in [0, 0.05) is 11.8 Å². The SMILES string of the molecule is C#CCCC(=O)OC1CCC2(C)C(CCC3(C)C4CCC5(C(=O)O)CCC(C)CC5C4=CCC32)C1(C)C. The highest BCUT2D eigenvalue weighted by molar-refractivity contribution is 5.76. The molecule has 0 aromatic rings. The molecule has 0 heterocycles. The third kappa shape index (κ3) is 3.92. The maximum Gasteiger partial charge on any atom is 0.310 e. The van der Waals surface area contributed by atoms with Gasteiger partial charge in [-0.1, -0.05) is 46.3 Å². The molecule has 4 fully saturated rings. The minimum Gasteiger partial charge on any atom is -0.481 e. The Morgan fingerprint density at radius 3 is 2.41 bits per heavy atom. The van der Waals surface area contributed by atoms with Crippen molar-refractivity contribution < 1.29 is 19.4 Å². The van der Waals surface area contributed by atoms with Gasteiger partial charge in [-0.3, -0.25) is 9.59 Å². The summed E-state index contributed by atoms with van der Waals surface area (Å²) in [6.07, 6.45) is 18.8. The first-order valence-electron chi connectivity index (χ1n) is 15.0. The van der Waals surface area contributed by atoms with E-state index in [9.17, 15) is 14.7 Å². The molecule has 0 saturated heterocycles. The van der Waals surface area contributed by atoms with Crippen LogP contribution in [0.25, 0.3) is 0 Å². The number of hydrogen-bond acceptors (Lipinski definition) is 3. The van der Waals surface area contributed by atoms with E-state index in [2.05, 4.69) is 46.6 Å². The smallest absolute Gasteiger partial charge is 0.310 e. The number of carbonyl (C=O) groups excluding carboxylic acids is 1. The normalized spacial score (nSPS) is 46.1. The number of carboxylic acid groups (broad SMARTS) is 1. The average molecular weight is 509 g/mol. The Morgan fingerprint density at radius 1 is 1.00 bits per heavy atom. The van der Waals surface area contributed by atoms with Gasteiger partial charge in [0.1, 0.15) is 6.10 Å². The van der Waals surface area contributed by atoms with Crippen LogP contribution in [0.4, 0.5) is 0 Å². The molecule has 0 aliphatic heterocycles. The molecular formula is C33H48O4. The molecule has 4 saturated carbocycles. The minimum atomic E-state index is -0.552. The molecule has 9 atom stereocenters. The van der Waals surface area contributed by atoms with Gasteiger partial charge in [-0.15, -0.1) is 12.3 Å². The molecule has 0 aromatic heterocycles. The highest BCUT2D eigenvalue weighted by atomic mass is 16.5. The second-order valence-corrected chi connectivity index (χ2v) is 14.6. The number of aliphatic carboxylic acids is 1. The van der Waals surface area contributed by atoms with Crippen LogP contribution in [0.2, 0.25) is 0 Å². The zero-order valence-corrected chi connectivity index (χ0v) is 23.8. The number of rotatable bonds is 4. The van der Waals surface area contributed by atoms with Crippen LogP contribution in [-0.4, -0.2) is 23.1 Å². The lowest BCUT2D eigenvalue weighted by Crippen LogP contribution is -2.62. The van der Waals surface area contributed by atoms with Gasteiger partial charge in [0.05, 0.1) is 11.8 Å². The van der Waals surface area contributed by atoms with Crippen molar-refractivity contribution in [1.82, 2.24) is 0 Å². The van der Waals surface area contributed by atoms with Crippen LogP contribution in [0.15, 0.2) is 11.6 Å². The van der Waals surface area contributed by atoms with E-state index in [0.717, 1.165) is 57.8 Å². The van der Waals surface area contributed by atoms with E-state index < -0.39 is 11.4 Å². The van der Waals surface area contributed by atoms with Crippen molar-refractivity contribution in [2.75, 3.05) is 0 Å². The Balaban J connectivity index is 1.43. The fourth-order valence-electron chi connectivity index (χ4n) is 10.7. The van der Waals surface area contributed by atoms with Gasteiger partial charge in [0.2, 0.25) is 0 Å². The molecule has 5 aliphatic carbocycles. The highest BCUT2D eigenvalue weighted by Crippen LogP contribution is 2.71. The summed E-state index contributed by atoms with van der Waals surface area (Å²) in [6.45, 7) is 12.0. The Morgan fingerprint density at radius 2 is 1.70 bits per heavy atom. The van der Waals surface area contributed by atoms with Crippen molar-refractivity contribution in [3.8, 4) is 12.3 Å². The van der Waals surface area contributed by atoms with Gasteiger partial charge in [-0.05, 0) is 105 Å². The van der Waals surface area contributed by atoms with E-state index in [0.29, 0.717) is 36.5 Å². The summed E-state index contributed by atoms with van der Waals surface area (Å²) in [7, 11) is 0. The fraction of sp³-hybridized carbons (Fsp3) is 0.818. The standard InChI is InChI=1S/C33H48O4/c1-7-8-9-28(34)37-27-15-17-32(6)25(30(27,3)4)14-16-31(5)23-13-19-33(29(35)36)18-12-21(2)20-24(33)22(23)10-11-26(31)32/h1,10,21,23-27H,8-9,11-20H2,2-6H3,(H,35,36). The van der Waals surface area contributed by atoms with Crippen molar-refractivity contribution in [3.05, 3.63) is 11.6 Å². The lowest BCUT2D eigenvalue weighted by atomic mass is 9.37. The van der Waals surface area contributed by atoms with E-state index in [1.165, 1.54) is 12.0 Å². The lowest BCUT2D eigenvalue weighted by Gasteiger charge is -2.68. The molecule has 5 aliphatic rings. The van der Waals surface area contributed by atoms with Crippen molar-refractivity contribution in [2.45, 2.75) is 118 Å². The predicted molar refractivity (Wildman–Crippen MR) is 145 cm³/mol. The second-order valence-electron chi connectivity index (χ2n) is 14.6. The zero-order chi connectivity index (χ0) is 26.8. The molecule has 4 heteroatoms. The monoisotopic (exact) mass is 508 g/mol. The first kappa shape index (κ1) is 26.8. The molecule has 0 spiro atoms. The van der Waals surface area contributed by atoms with E-state index in [4.69, 9.17) is 11.2 Å². The van der Waals surface area contributed by atoms with Crippen LogP contribution in [0.5, 0.6) is 0 Å². The van der Waals surface area contributed by atoms with Crippen molar-refractivity contribution in [1.29, 1.82) is 0 Å². The molecular weight excluding hydrogens is 460 g/mol. The minimum absolute atomic E-state index is 0.0514. The van der Waals surface area contributed by atoms with Crippen LogP contribution in [0.1, 0.15) is 112 Å². The van der Waals surface area contributed by atoms with Gasteiger partial charge >= 0.3 is 11.9 Å². The molecule has 1 N–H and O–H groups in total. The van der Waals surface area contributed by atoms with Crippen LogP contribution in [-0.2, 0) is 14.3 Å². The fourth-order valence-corrected chi connectivity index (χ4v) is 10.7. The third-order valence-electron chi connectivity index (χ3n) is 12.7. The maximum atomic E-state index is 12.7. The summed E-state index contributed by atoms with van der Waals surface area (Å²) >= 11 is 0. The topological polar surface area (TPSA) is 63.6 Å².